The fraction of sp³-hybridized carbons (Fsp3) is 0.929. The number of hydrogen-bond donors (Lipinski definition) is 1. The Morgan fingerprint density at radius 1 is 1.28 bits per heavy atom. The van der Waals surface area contributed by atoms with Crippen LogP contribution < -0.4 is 5.73 Å². The summed E-state index contributed by atoms with van der Waals surface area (Å²) in [5.41, 5.74) is 5.73. The number of nitrogens with two attached hydrogens (primary N) is 1. The molecular formula is C14H27ClN2O. The number of piperidine rings is 1. The molecule has 2 fully saturated rings. The van der Waals surface area contributed by atoms with Crippen molar-refractivity contribution in [1.29, 1.82) is 0 Å². The van der Waals surface area contributed by atoms with Gasteiger partial charge in [-0.1, -0.05) is 12.8 Å². The van der Waals surface area contributed by atoms with E-state index >= 15 is 0 Å². The maximum atomic E-state index is 12.2. The van der Waals surface area contributed by atoms with Crippen molar-refractivity contribution in [1.82, 2.24) is 4.90 Å². The molecule has 1 aliphatic carbocycles. The molecule has 1 aliphatic heterocycles. The van der Waals surface area contributed by atoms with Gasteiger partial charge in [0.05, 0.1) is 0 Å². The van der Waals surface area contributed by atoms with E-state index in [1.54, 1.807) is 0 Å². The number of fused-ring (bicyclic) bond motifs is 1. The minimum atomic E-state index is 0. The molecular weight excluding hydrogens is 248 g/mol. The van der Waals surface area contributed by atoms with Gasteiger partial charge in [0.1, 0.15) is 0 Å². The van der Waals surface area contributed by atoms with Crippen LogP contribution in [0.15, 0.2) is 0 Å². The van der Waals surface area contributed by atoms with E-state index in [0.717, 1.165) is 18.9 Å². The highest BCUT2D eigenvalue weighted by atomic mass is 35.5. The molecule has 2 rings (SSSR count). The number of halogens is 1. The van der Waals surface area contributed by atoms with Gasteiger partial charge < -0.3 is 10.6 Å². The van der Waals surface area contributed by atoms with Gasteiger partial charge >= 0.3 is 0 Å². The fourth-order valence-corrected chi connectivity index (χ4v) is 3.43. The van der Waals surface area contributed by atoms with E-state index in [1.165, 1.54) is 38.5 Å². The molecule has 106 valence electrons. The Morgan fingerprint density at radius 3 is 2.67 bits per heavy atom. The van der Waals surface area contributed by atoms with Crippen molar-refractivity contribution in [3.63, 3.8) is 0 Å². The quantitative estimate of drug-likeness (QED) is 0.860. The van der Waals surface area contributed by atoms with Gasteiger partial charge in [0.15, 0.2) is 0 Å². The fourth-order valence-electron chi connectivity index (χ4n) is 3.43. The Morgan fingerprint density at radius 2 is 1.94 bits per heavy atom. The molecule has 3 nitrogen and oxygen atoms in total. The third-order valence-corrected chi connectivity index (χ3v) is 4.38. The van der Waals surface area contributed by atoms with Gasteiger partial charge in [-0.2, -0.15) is 0 Å². The van der Waals surface area contributed by atoms with E-state index in [9.17, 15) is 4.79 Å². The van der Waals surface area contributed by atoms with Crippen molar-refractivity contribution in [2.45, 2.75) is 70.4 Å². The van der Waals surface area contributed by atoms with Gasteiger partial charge in [-0.3, -0.25) is 4.79 Å². The first-order chi connectivity index (χ1) is 8.18. The van der Waals surface area contributed by atoms with Crippen LogP contribution in [0.2, 0.25) is 0 Å². The highest BCUT2D eigenvalue weighted by molar-refractivity contribution is 5.85. The molecule has 1 saturated carbocycles. The third kappa shape index (κ3) is 3.86. The maximum Gasteiger partial charge on any atom is 0.222 e. The van der Waals surface area contributed by atoms with Crippen LogP contribution in [0.3, 0.4) is 0 Å². The van der Waals surface area contributed by atoms with E-state index in [4.69, 9.17) is 5.73 Å². The second-order valence-electron chi connectivity index (χ2n) is 5.86. The molecule has 0 spiro atoms. The van der Waals surface area contributed by atoms with Crippen LogP contribution in [0.4, 0.5) is 0 Å². The number of carbonyl (C=O) groups is 1. The second kappa shape index (κ2) is 7.34. The van der Waals surface area contributed by atoms with Gasteiger partial charge in [0.25, 0.3) is 0 Å². The monoisotopic (exact) mass is 274 g/mol. The topological polar surface area (TPSA) is 46.3 Å². The van der Waals surface area contributed by atoms with Crippen molar-refractivity contribution in [2.75, 3.05) is 6.54 Å². The summed E-state index contributed by atoms with van der Waals surface area (Å²) < 4.78 is 0. The van der Waals surface area contributed by atoms with E-state index in [-0.39, 0.29) is 18.4 Å². The van der Waals surface area contributed by atoms with Crippen LogP contribution >= 0.6 is 12.4 Å². The summed E-state index contributed by atoms with van der Waals surface area (Å²) >= 11 is 0. The lowest BCUT2D eigenvalue weighted by Gasteiger charge is -2.44. The summed E-state index contributed by atoms with van der Waals surface area (Å²) in [7, 11) is 0. The van der Waals surface area contributed by atoms with Crippen molar-refractivity contribution in [2.24, 2.45) is 11.7 Å². The first kappa shape index (κ1) is 15.8. The molecule has 2 N–H and O–H groups in total. The lowest BCUT2D eigenvalue weighted by molar-refractivity contribution is -0.137. The summed E-state index contributed by atoms with van der Waals surface area (Å²) in [6.07, 6.45) is 9.23. The summed E-state index contributed by atoms with van der Waals surface area (Å²) in [5.74, 6) is 1.13. The average molecular weight is 275 g/mol. The van der Waals surface area contributed by atoms with Gasteiger partial charge in [-0.15, -0.1) is 12.4 Å². The molecule has 1 amide bonds. The van der Waals surface area contributed by atoms with E-state index in [1.807, 2.05) is 6.92 Å². The van der Waals surface area contributed by atoms with Gasteiger partial charge in [-0.05, 0) is 44.9 Å². The predicted octanol–water partition coefficient (Wildman–Crippen LogP) is 2.72. The lowest BCUT2D eigenvalue weighted by Crippen LogP contribution is -2.49. The summed E-state index contributed by atoms with van der Waals surface area (Å²) in [6, 6.07) is 0.698. The largest absolute Gasteiger partial charge is 0.339 e. The molecule has 0 aromatic carbocycles. The van der Waals surface area contributed by atoms with Gasteiger partial charge in [0, 0.05) is 25.0 Å². The van der Waals surface area contributed by atoms with Crippen LogP contribution in [0.5, 0.6) is 0 Å². The van der Waals surface area contributed by atoms with Crippen LogP contribution in [0.1, 0.15) is 58.3 Å². The molecule has 2 aliphatic rings. The summed E-state index contributed by atoms with van der Waals surface area (Å²) in [6.45, 7) is 2.96. The molecule has 0 aromatic rings. The molecule has 1 saturated heterocycles. The molecule has 3 unspecified atom stereocenters. The molecule has 4 heteroatoms. The number of likely N-dealkylation sites (tertiary alicyclic amines) is 1. The number of carbonyl (C=O) groups excluding carboxylic acids is 1. The van der Waals surface area contributed by atoms with Crippen molar-refractivity contribution in [3.8, 4) is 0 Å². The highest BCUT2D eigenvalue weighted by Gasteiger charge is 2.35. The molecule has 0 radical (unpaired) electrons. The Labute approximate surface area is 117 Å². The Balaban J connectivity index is 0.00000162. The number of rotatable bonds is 3. The second-order valence-corrected chi connectivity index (χ2v) is 5.86. The molecule has 1 heterocycles. The lowest BCUT2D eigenvalue weighted by atomic mass is 9.78. The normalized spacial score (nSPS) is 29.1. The average Bonchev–Trinajstić information content (AvgIpc) is 2.35. The zero-order valence-corrected chi connectivity index (χ0v) is 12.3. The zero-order valence-electron chi connectivity index (χ0n) is 11.4. The minimum absolute atomic E-state index is 0. The number of hydrogen-bond acceptors (Lipinski definition) is 2. The van der Waals surface area contributed by atoms with Gasteiger partial charge in [-0.25, -0.2) is 0 Å². The zero-order chi connectivity index (χ0) is 12.3. The molecule has 3 atom stereocenters. The third-order valence-electron chi connectivity index (χ3n) is 4.38. The number of nitrogens with zero attached hydrogens (tertiary/aromatic N) is 1. The highest BCUT2D eigenvalue weighted by Crippen LogP contribution is 2.35. The first-order valence-corrected chi connectivity index (χ1v) is 7.23. The van der Waals surface area contributed by atoms with E-state index in [2.05, 4.69) is 4.90 Å². The minimum Gasteiger partial charge on any atom is -0.339 e. The maximum absolute atomic E-state index is 12.2. The molecule has 0 aromatic heterocycles. The summed E-state index contributed by atoms with van der Waals surface area (Å²) in [4.78, 5) is 14.4. The van der Waals surface area contributed by atoms with Gasteiger partial charge in [0.2, 0.25) is 5.91 Å². The predicted molar refractivity (Wildman–Crippen MR) is 76.8 cm³/mol. The Hall–Kier alpha value is -0.280. The Kier molecular flexibility index (Phi) is 6.44. The van der Waals surface area contributed by atoms with Crippen LogP contribution in [0, 0.1) is 5.92 Å². The van der Waals surface area contributed by atoms with Crippen LogP contribution in [-0.2, 0) is 4.79 Å². The Bertz CT molecular complexity index is 269. The van der Waals surface area contributed by atoms with E-state index in [0.29, 0.717) is 18.4 Å². The smallest absolute Gasteiger partial charge is 0.222 e. The van der Waals surface area contributed by atoms with Crippen molar-refractivity contribution in [3.05, 3.63) is 0 Å². The van der Waals surface area contributed by atoms with Crippen LogP contribution in [-0.4, -0.2) is 29.4 Å². The number of amides is 1. The molecule has 18 heavy (non-hydrogen) atoms. The van der Waals surface area contributed by atoms with Crippen molar-refractivity contribution < 1.29 is 4.79 Å². The summed E-state index contributed by atoms with van der Waals surface area (Å²) in [5, 5.41) is 0. The first-order valence-electron chi connectivity index (χ1n) is 7.23. The standard InChI is InChI=1S/C14H26N2O.ClH/c1-11(15)8-9-14(17)16-10-4-6-12-5-2-3-7-13(12)16;/h11-13H,2-10,15H2,1H3;1H. The SMILES string of the molecule is CC(N)CCC(=O)N1CCCC2CCCCC21.Cl. The van der Waals surface area contributed by atoms with E-state index < -0.39 is 0 Å². The van der Waals surface area contributed by atoms with Crippen LogP contribution in [0.25, 0.3) is 0 Å². The molecule has 0 bridgehead atoms. The van der Waals surface area contributed by atoms with Crippen molar-refractivity contribution >= 4 is 18.3 Å².